The summed E-state index contributed by atoms with van der Waals surface area (Å²) in [6.45, 7) is 2.01. The quantitative estimate of drug-likeness (QED) is 0.839. The molecule has 1 atom stereocenters. The number of likely N-dealkylation sites (N-methyl/N-ethyl adjacent to an activating group) is 1. The molecular weight excluding hydrogens is 266 g/mol. The van der Waals surface area contributed by atoms with E-state index < -0.39 is 11.6 Å². The van der Waals surface area contributed by atoms with Crippen LogP contribution in [0.4, 0.5) is 13.6 Å². The minimum Gasteiger partial charge on any atom is -0.395 e. The molecule has 1 rings (SSSR count). The fourth-order valence-electron chi connectivity index (χ4n) is 1.72. The monoisotopic (exact) mass is 286 g/mol. The second-order valence-corrected chi connectivity index (χ2v) is 4.78. The summed E-state index contributed by atoms with van der Waals surface area (Å²) in [6, 6.07) is 3.43. The zero-order valence-corrected chi connectivity index (χ0v) is 11.7. The summed E-state index contributed by atoms with van der Waals surface area (Å²) in [6.07, 6.45) is 1.16. The number of nitrogens with zero attached hydrogens (tertiary/aromatic N) is 1. The molecule has 20 heavy (non-hydrogen) atoms. The van der Waals surface area contributed by atoms with Gasteiger partial charge in [0.1, 0.15) is 0 Å². The van der Waals surface area contributed by atoms with Crippen molar-refractivity contribution in [2.24, 2.45) is 0 Å². The number of hydrogen-bond donors (Lipinski definition) is 2. The molecule has 1 aromatic rings. The van der Waals surface area contributed by atoms with Crippen LogP contribution in [0.2, 0.25) is 0 Å². The van der Waals surface area contributed by atoms with E-state index in [0.29, 0.717) is 18.4 Å². The molecule has 0 saturated heterocycles. The molecule has 4 nitrogen and oxygen atoms in total. The first kappa shape index (κ1) is 16.4. The van der Waals surface area contributed by atoms with Gasteiger partial charge in [0.05, 0.1) is 6.61 Å². The Morgan fingerprint density at radius 3 is 2.70 bits per heavy atom. The zero-order valence-electron chi connectivity index (χ0n) is 11.7. The Morgan fingerprint density at radius 1 is 1.40 bits per heavy atom. The Bertz CT molecular complexity index is 455. The largest absolute Gasteiger partial charge is 0.395 e. The molecule has 2 amide bonds. The highest BCUT2D eigenvalue weighted by Gasteiger charge is 2.11. The maximum Gasteiger partial charge on any atom is 0.317 e. The van der Waals surface area contributed by atoms with Crippen molar-refractivity contribution in [3.8, 4) is 0 Å². The number of benzene rings is 1. The van der Waals surface area contributed by atoms with Crippen molar-refractivity contribution in [2.45, 2.75) is 25.8 Å². The van der Waals surface area contributed by atoms with Gasteiger partial charge in [-0.3, -0.25) is 0 Å². The minimum atomic E-state index is -0.860. The number of nitrogens with one attached hydrogen (secondary N) is 1. The number of amides is 2. The first-order valence-corrected chi connectivity index (χ1v) is 6.50. The van der Waals surface area contributed by atoms with E-state index in [0.717, 1.165) is 6.07 Å². The summed E-state index contributed by atoms with van der Waals surface area (Å²) in [4.78, 5) is 13.0. The highest BCUT2D eigenvalue weighted by molar-refractivity contribution is 5.74. The predicted octanol–water partition coefficient (Wildman–Crippen LogP) is 1.92. The number of urea groups is 1. The molecule has 6 heteroatoms. The average molecular weight is 286 g/mol. The third-order valence-corrected chi connectivity index (χ3v) is 3.00. The lowest BCUT2D eigenvalue weighted by molar-refractivity contribution is 0.187. The molecule has 0 spiro atoms. The second-order valence-electron chi connectivity index (χ2n) is 4.78. The average Bonchev–Trinajstić information content (AvgIpc) is 2.40. The second kappa shape index (κ2) is 7.79. The minimum absolute atomic E-state index is 0.0901. The van der Waals surface area contributed by atoms with Crippen LogP contribution in [0, 0.1) is 11.6 Å². The van der Waals surface area contributed by atoms with Crippen molar-refractivity contribution in [2.75, 3.05) is 20.2 Å². The van der Waals surface area contributed by atoms with Gasteiger partial charge in [-0.05, 0) is 37.5 Å². The molecule has 0 aliphatic rings. The van der Waals surface area contributed by atoms with Gasteiger partial charge in [-0.15, -0.1) is 0 Å². The van der Waals surface area contributed by atoms with E-state index in [9.17, 15) is 13.6 Å². The number of aliphatic hydroxyl groups is 1. The third-order valence-electron chi connectivity index (χ3n) is 3.00. The Balaban J connectivity index is 2.41. The topological polar surface area (TPSA) is 52.6 Å². The van der Waals surface area contributed by atoms with E-state index in [2.05, 4.69) is 5.32 Å². The van der Waals surface area contributed by atoms with Crippen LogP contribution in [-0.4, -0.2) is 42.3 Å². The van der Waals surface area contributed by atoms with Crippen LogP contribution >= 0.6 is 0 Å². The Kier molecular flexibility index (Phi) is 6.38. The van der Waals surface area contributed by atoms with Crippen molar-refractivity contribution < 1.29 is 18.7 Å². The van der Waals surface area contributed by atoms with Crippen LogP contribution in [0.3, 0.4) is 0 Å². The molecular formula is C14H20F2N2O2. The number of aliphatic hydroxyl groups excluding tert-OH is 1. The fourth-order valence-corrected chi connectivity index (χ4v) is 1.72. The van der Waals surface area contributed by atoms with Crippen molar-refractivity contribution in [3.63, 3.8) is 0 Å². The molecule has 1 aromatic carbocycles. The number of hydrogen-bond acceptors (Lipinski definition) is 2. The molecule has 1 unspecified atom stereocenters. The fraction of sp³-hybridized carbons (Fsp3) is 0.500. The van der Waals surface area contributed by atoms with Crippen molar-refractivity contribution in [1.29, 1.82) is 0 Å². The smallest absolute Gasteiger partial charge is 0.317 e. The van der Waals surface area contributed by atoms with E-state index in [1.807, 2.05) is 6.92 Å². The Hall–Kier alpha value is -1.69. The molecule has 0 bridgehead atoms. The predicted molar refractivity (Wildman–Crippen MR) is 72.4 cm³/mol. The highest BCUT2D eigenvalue weighted by atomic mass is 19.2. The summed E-state index contributed by atoms with van der Waals surface area (Å²) in [5.74, 6) is -1.72. The molecule has 0 aliphatic carbocycles. The Morgan fingerprint density at radius 2 is 2.10 bits per heavy atom. The first-order chi connectivity index (χ1) is 9.43. The van der Waals surface area contributed by atoms with Gasteiger partial charge in [0.15, 0.2) is 11.6 Å². The molecule has 2 N–H and O–H groups in total. The summed E-state index contributed by atoms with van der Waals surface area (Å²) in [5.41, 5.74) is 0.689. The lowest BCUT2D eigenvalue weighted by Gasteiger charge is -2.20. The van der Waals surface area contributed by atoms with E-state index in [-0.39, 0.29) is 25.2 Å². The van der Waals surface area contributed by atoms with Crippen LogP contribution in [0.25, 0.3) is 0 Å². The maximum absolute atomic E-state index is 13.0. The van der Waals surface area contributed by atoms with Gasteiger partial charge in [0.25, 0.3) is 0 Å². The normalized spacial score (nSPS) is 12.1. The number of halogens is 2. The highest BCUT2D eigenvalue weighted by Crippen LogP contribution is 2.11. The van der Waals surface area contributed by atoms with Gasteiger partial charge in [-0.1, -0.05) is 6.07 Å². The van der Waals surface area contributed by atoms with Crippen molar-refractivity contribution in [1.82, 2.24) is 10.2 Å². The molecule has 0 aromatic heterocycles. The van der Waals surface area contributed by atoms with E-state index in [1.165, 1.54) is 17.0 Å². The lowest BCUT2D eigenvalue weighted by atomic mass is 10.1. The number of aryl methyl sites for hydroxylation is 1. The van der Waals surface area contributed by atoms with Crippen LogP contribution < -0.4 is 5.32 Å². The van der Waals surface area contributed by atoms with Gasteiger partial charge < -0.3 is 15.3 Å². The molecule has 112 valence electrons. The van der Waals surface area contributed by atoms with Crippen LogP contribution in [0.1, 0.15) is 18.9 Å². The summed E-state index contributed by atoms with van der Waals surface area (Å²) >= 11 is 0. The van der Waals surface area contributed by atoms with Gasteiger partial charge in [0, 0.05) is 19.6 Å². The summed E-state index contributed by atoms with van der Waals surface area (Å²) in [7, 11) is 1.59. The van der Waals surface area contributed by atoms with Gasteiger partial charge in [0.2, 0.25) is 0 Å². The summed E-state index contributed by atoms with van der Waals surface area (Å²) in [5, 5.41) is 11.5. The maximum atomic E-state index is 13.0. The zero-order chi connectivity index (χ0) is 15.1. The van der Waals surface area contributed by atoms with E-state index in [4.69, 9.17) is 5.11 Å². The SMILES string of the molecule is CC(CCc1ccc(F)c(F)c1)NC(=O)N(C)CCO. The third kappa shape index (κ3) is 5.13. The number of rotatable bonds is 6. The number of carbonyl (C=O) groups is 1. The first-order valence-electron chi connectivity index (χ1n) is 6.50. The molecule has 0 fully saturated rings. The lowest BCUT2D eigenvalue weighted by Crippen LogP contribution is -2.43. The van der Waals surface area contributed by atoms with Crippen molar-refractivity contribution >= 4 is 6.03 Å². The molecule has 0 heterocycles. The Labute approximate surface area is 117 Å². The summed E-state index contributed by atoms with van der Waals surface area (Å²) < 4.78 is 25.8. The van der Waals surface area contributed by atoms with E-state index >= 15 is 0 Å². The standard InChI is InChI=1S/C14H20F2N2O2/c1-10(17-14(20)18(2)7-8-19)3-4-11-5-6-12(15)13(16)9-11/h5-6,9-10,19H,3-4,7-8H2,1-2H3,(H,17,20). The van der Waals surface area contributed by atoms with Crippen molar-refractivity contribution in [3.05, 3.63) is 35.4 Å². The van der Waals surface area contributed by atoms with Crippen LogP contribution in [0.5, 0.6) is 0 Å². The van der Waals surface area contributed by atoms with E-state index in [1.54, 1.807) is 7.05 Å². The number of carbonyl (C=O) groups excluding carboxylic acids is 1. The van der Waals surface area contributed by atoms with Gasteiger partial charge in [-0.25, -0.2) is 13.6 Å². The molecule has 0 saturated carbocycles. The molecule has 0 aliphatic heterocycles. The molecule has 0 radical (unpaired) electrons. The van der Waals surface area contributed by atoms with Gasteiger partial charge >= 0.3 is 6.03 Å². The van der Waals surface area contributed by atoms with Gasteiger partial charge in [-0.2, -0.15) is 0 Å². The van der Waals surface area contributed by atoms with Crippen LogP contribution in [0.15, 0.2) is 18.2 Å². The van der Waals surface area contributed by atoms with Crippen LogP contribution in [-0.2, 0) is 6.42 Å².